The van der Waals surface area contributed by atoms with Crippen molar-refractivity contribution in [2.24, 2.45) is 5.92 Å². The van der Waals surface area contributed by atoms with Gasteiger partial charge in [-0.15, -0.1) is 0 Å². The van der Waals surface area contributed by atoms with Crippen molar-refractivity contribution < 1.29 is 13.5 Å². The molecule has 15 heavy (non-hydrogen) atoms. The molecule has 0 spiro atoms. The zero-order valence-corrected chi connectivity index (χ0v) is 8.25. The quantitative estimate of drug-likeness (QED) is 0.783. The minimum atomic E-state index is -2.46. The van der Waals surface area contributed by atoms with Gasteiger partial charge in [-0.1, -0.05) is 0 Å². The third kappa shape index (κ3) is 2.58. The molecule has 0 unspecified atom stereocenters. The minimum absolute atomic E-state index is 0.0162. The van der Waals surface area contributed by atoms with Crippen molar-refractivity contribution in [2.75, 3.05) is 12.3 Å². The first-order valence-electron chi connectivity index (χ1n) is 4.91. The fourth-order valence-corrected chi connectivity index (χ4v) is 1.68. The number of benzene rings is 1. The molecule has 0 radical (unpaired) electrons. The second-order valence-corrected chi connectivity index (χ2v) is 4.01. The molecular weight excluding hydrogens is 200 g/mol. The van der Waals surface area contributed by atoms with Gasteiger partial charge in [0.2, 0.25) is 5.92 Å². The Balaban J connectivity index is 1.77. The fourth-order valence-electron chi connectivity index (χ4n) is 1.68. The summed E-state index contributed by atoms with van der Waals surface area (Å²) in [5.74, 6) is -1.80. The molecule has 0 aliphatic heterocycles. The van der Waals surface area contributed by atoms with E-state index >= 15 is 0 Å². The first kappa shape index (κ1) is 10.2. The Morgan fingerprint density at radius 2 is 1.87 bits per heavy atom. The Bertz CT molecular complexity index is 329. The normalized spacial score (nSPS) is 19.6. The van der Waals surface area contributed by atoms with Gasteiger partial charge in [0.05, 0.1) is 6.61 Å². The van der Waals surface area contributed by atoms with Crippen molar-refractivity contribution in [3.05, 3.63) is 24.3 Å². The van der Waals surface area contributed by atoms with Crippen LogP contribution in [0.25, 0.3) is 0 Å². The Morgan fingerprint density at radius 3 is 2.40 bits per heavy atom. The SMILES string of the molecule is Nc1ccc(OCC2CC(F)(F)C2)cc1. The van der Waals surface area contributed by atoms with Crippen LogP contribution in [0.1, 0.15) is 12.8 Å². The lowest BCUT2D eigenvalue weighted by Gasteiger charge is -2.34. The molecule has 2 rings (SSSR count). The monoisotopic (exact) mass is 213 g/mol. The Kier molecular flexibility index (Phi) is 2.50. The lowest BCUT2D eigenvalue weighted by molar-refractivity contribution is -0.119. The maximum Gasteiger partial charge on any atom is 0.248 e. The topological polar surface area (TPSA) is 35.2 Å². The first-order valence-corrected chi connectivity index (χ1v) is 4.91. The summed E-state index contributed by atoms with van der Waals surface area (Å²) in [4.78, 5) is 0. The van der Waals surface area contributed by atoms with E-state index in [1.165, 1.54) is 0 Å². The van der Waals surface area contributed by atoms with Crippen LogP contribution in [0.15, 0.2) is 24.3 Å². The van der Waals surface area contributed by atoms with Crippen LogP contribution in [0, 0.1) is 5.92 Å². The van der Waals surface area contributed by atoms with E-state index in [9.17, 15) is 8.78 Å². The molecule has 0 bridgehead atoms. The Morgan fingerprint density at radius 1 is 1.27 bits per heavy atom. The van der Waals surface area contributed by atoms with Crippen LogP contribution in [-0.4, -0.2) is 12.5 Å². The van der Waals surface area contributed by atoms with Crippen LogP contribution in [0.3, 0.4) is 0 Å². The molecule has 1 aliphatic rings. The third-order valence-electron chi connectivity index (χ3n) is 2.54. The minimum Gasteiger partial charge on any atom is -0.493 e. The lowest BCUT2D eigenvalue weighted by Crippen LogP contribution is -2.38. The molecule has 0 aromatic heterocycles. The number of alkyl halides is 2. The summed E-state index contributed by atoms with van der Waals surface area (Å²) < 4.78 is 30.4. The molecule has 82 valence electrons. The van der Waals surface area contributed by atoms with Crippen molar-refractivity contribution in [3.8, 4) is 5.75 Å². The molecule has 2 nitrogen and oxygen atoms in total. The van der Waals surface area contributed by atoms with Crippen molar-refractivity contribution in [1.29, 1.82) is 0 Å². The molecule has 2 N–H and O–H groups in total. The number of hydrogen-bond donors (Lipinski definition) is 1. The van der Waals surface area contributed by atoms with E-state index in [2.05, 4.69) is 0 Å². The Labute approximate surface area is 87.0 Å². The van der Waals surface area contributed by atoms with Gasteiger partial charge in [-0.2, -0.15) is 0 Å². The van der Waals surface area contributed by atoms with E-state index in [0.29, 0.717) is 18.0 Å². The maximum atomic E-state index is 12.5. The summed E-state index contributed by atoms with van der Waals surface area (Å²) in [6.45, 7) is 0.361. The second-order valence-electron chi connectivity index (χ2n) is 4.01. The molecule has 0 atom stereocenters. The van der Waals surface area contributed by atoms with E-state index in [0.717, 1.165) is 0 Å². The van der Waals surface area contributed by atoms with Crippen LogP contribution in [0.2, 0.25) is 0 Å². The summed E-state index contributed by atoms with van der Waals surface area (Å²) in [5, 5.41) is 0. The van der Waals surface area contributed by atoms with Gasteiger partial charge < -0.3 is 10.5 Å². The molecular formula is C11H13F2NO. The number of rotatable bonds is 3. The van der Waals surface area contributed by atoms with Gasteiger partial charge in [-0.05, 0) is 24.3 Å². The van der Waals surface area contributed by atoms with E-state index < -0.39 is 5.92 Å². The van der Waals surface area contributed by atoms with Gasteiger partial charge in [0.25, 0.3) is 0 Å². The largest absolute Gasteiger partial charge is 0.493 e. The predicted octanol–water partition coefficient (Wildman–Crippen LogP) is 2.69. The number of halogens is 2. The fraction of sp³-hybridized carbons (Fsp3) is 0.455. The summed E-state index contributed by atoms with van der Waals surface area (Å²) >= 11 is 0. The number of ether oxygens (including phenoxy) is 1. The predicted molar refractivity (Wildman–Crippen MR) is 54.0 cm³/mol. The van der Waals surface area contributed by atoms with Crippen LogP contribution in [0.5, 0.6) is 5.75 Å². The van der Waals surface area contributed by atoms with Gasteiger partial charge in [0.1, 0.15) is 5.75 Å². The summed E-state index contributed by atoms with van der Waals surface area (Å²) in [6.07, 6.45) is -0.107. The van der Waals surface area contributed by atoms with Crippen LogP contribution >= 0.6 is 0 Å². The standard InChI is InChI=1S/C11H13F2NO/c12-11(13)5-8(6-11)7-15-10-3-1-9(14)2-4-10/h1-4,8H,5-7,14H2. The number of anilines is 1. The average Bonchev–Trinajstić information content (AvgIpc) is 2.14. The third-order valence-corrected chi connectivity index (χ3v) is 2.54. The number of nitrogens with two attached hydrogens (primary N) is 1. The summed E-state index contributed by atoms with van der Waals surface area (Å²) in [6, 6.07) is 6.94. The van der Waals surface area contributed by atoms with Crippen molar-refractivity contribution in [1.82, 2.24) is 0 Å². The highest BCUT2D eigenvalue weighted by atomic mass is 19.3. The number of hydrogen-bond acceptors (Lipinski definition) is 2. The molecule has 1 aromatic carbocycles. The highest BCUT2D eigenvalue weighted by Crippen LogP contribution is 2.42. The summed E-state index contributed by atoms with van der Waals surface area (Å²) in [5.41, 5.74) is 6.17. The van der Waals surface area contributed by atoms with E-state index in [4.69, 9.17) is 10.5 Å². The van der Waals surface area contributed by atoms with Gasteiger partial charge in [-0.25, -0.2) is 8.78 Å². The van der Waals surface area contributed by atoms with Gasteiger partial charge >= 0.3 is 0 Å². The maximum absolute atomic E-state index is 12.5. The van der Waals surface area contributed by atoms with Crippen LogP contribution < -0.4 is 10.5 Å². The van der Waals surface area contributed by atoms with E-state index in [1.807, 2.05) is 0 Å². The molecule has 0 amide bonds. The van der Waals surface area contributed by atoms with Crippen LogP contribution in [-0.2, 0) is 0 Å². The van der Waals surface area contributed by atoms with E-state index in [1.54, 1.807) is 24.3 Å². The molecule has 0 saturated heterocycles. The zero-order chi connectivity index (χ0) is 10.9. The molecule has 1 aliphatic carbocycles. The number of nitrogen functional groups attached to an aromatic ring is 1. The van der Waals surface area contributed by atoms with Gasteiger partial charge in [0, 0.05) is 24.4 Å². The molecule has 1 fully saturated rings. The highest BCUT2D eigenvalue weighted by molar-refractivity contribution is 5.41. The molecule has 0 heterocycles. The smallest absolute Gasteiger partial charge is 0.248 e. The molecule has 4 heteroatoms. The molecule has 1 saturated carbocycles. The highest BCUT2D eigenvalue weighted by Gasteiger charge is 2.45. The second kappa shape index (κ2) is 3.68. The zero-order valence-electron chi connectivity index (χ0n) is 8.25. The van der Waals surface area contributed by atoms with Gasteiger partial charge in [-0.3, -0.25) is 0 Å². The Hall–Kier alpha value is -1.32. The van der Waals surface area contributed by atoms with Crippen molar-refractivity contribution >= 4 is 5.69 Å². The summed E-state index contributed by atoms with van der Waals surface area (Å²) in [7, 11) is 0. The first-order chi connectivity index (χ1) is 7.05. The lowest BCUT2D eigenvalue weighted by atomic mass is 9.82. The van der Waals surface area contributed by atoms with Crippen molar-refractivity contribution in [3.63, 3.8) is 0 Å². The molecule has 1 aromatic rings. The van der Waals surface area contributed by atoms with Crippen LogP contribution in [0.4, 0.5) is 14.5 Å². The van der Waals surface area contributed by atoms with E-state index in [-0.39, 0.29) is 18.8 Å². The van der Waals surface area contributed by atoms with Crippen molar-refractivity contribution in [2.45, 2.75) is 18.8 Å². The van der Waals surface area contributed by atoms with Gasteiger partial charge in [0.15, 0.2) is 0 Å². The average molecular weight is 213 g/mol.